The Morgan fingerprint density at radius 3 is 2.64 bits per heavy atom. The highest BCUT2D eigenvalue weighted by Crippen LogP contribution is 2.22. The zero-order valence-corrected chi connectivity index (χ0v) is 16.0. The Kier molecular flexibility index (Phi) is 5.58. The van der Waals surface area contributed by atoms with Gasteiger partial charge in [-0.15, -0.1) is 11.3 Å². The molecule has 1 aliphatic heterocycles. The summed E-state index contributed by atoms with van der Waals surface area (Å²) in [5, 5.41) is 4.10. The van der Waals surface area contributed by atoms with E-state index in [0.717, 1.165) is 37.6 Å². The topological polar surface area (TPSA) is 48.5 Å². The van der Waals surface area contributed by atoms with Crippen LogP contribution in [-0.4, -0.2) is 48.6 Å². The highest BCUT2D eigenvalue weighted by Gasteiger charge is 2.21. The lowest BCUT2D eigenvalue weighted by molar-refractivity contribution is 0.194. The van der Waals surface area contributed by atoms with Gasteiger partial charge in [0.15, 0.2) is 0 Å². The van der Waals surface area contributed by atoms with Gasteiger partial charge in [0, 0.05) is 55.9 Å². The summed E-state index contributed by atoms with van der Waals surface area (Å²) < 4.78 is 0. The second kappa shape index (κ2) is 7.87. The molecule has 0 unspecified atom stereocenters. The van der Waals surface area contributed by atoms with Crippen molar-refractivity contribution in [2.45, 2.75) is 27.2 Å². The predicted octanol–water partition coefficient (Wildman–Crippen LogP) is 3.14. The van der Waals surface area contributed by atoms with Crippen LogP contribution in [0, 0.1) is 20.8 Å². The van der Waals surface area contributed by atoms with Crippen molar-refractivity contribution in [1.82, 2.24) is 15.2 Å². The lowest BCUT2D eigenvalue weighted by Gasteiger charge is -2.36. The Hall–Kier alpha value is -2.08. The molecule has 1 saturated heterocycles. The molecule has 134 valence electrons. The molecule has 5 nitrogen and oxygen atoms in total. The summed E-state index contributed by atoms with van der Waals surface area (Å²) in [6.07, 6.45) is 2.68. The number of carbonyl (C=O) groups excluding carboxylic acids is 1. The van der Waals surface area contributed by atoms with Crippen LogP contribution in [-0.2, 0) is 6.42 Å². The van der Waals surface area contributed by atoms with Crippen LogP contribution >= 0.6 is 11.3 Å². The van der Waals surface area contributed by atoms with E-state index >= 15 is 0 Å². The first-order chi connectivity index (χ1) is 12.0. The van der Waals surface area contributed by atoms with Crippen LogP contribution < -0.4 is 10.2 Å². The van der Waals surface area contributed by atoms with Crippen molar-refractivity contribution in [3.63, 3.8) is 0 Å². The maximum atomic E-state index is 12.3. The Labute approximate surface area is 153 Å². The number of piperazine rings is 1. The number of nitrogens with zero attached hydrogens (tertiary/aromatic N) is 3. The molecule has 0 spiro atoms. The molecule has 1 aliphatic rings. The summed E-state index contributed by atoms with van der Waals surface area (Å²) in [5.41, 5.74) is 3.86. The number of aromatic nitrogens is 1. The zero-order chi connectivity index (χ0) is 17.8. The first kappa shape index (κ1) is 17.7. The summed E-state index contributed by atoms with van der Waals surface area (Å²) in [6.45, 7) is 10.2. The van der Waals surface area contributed by atoms with Crippen LogP contribution in [0.1, 0.15) is 21.0 Å². The van der Waals surface area contributed by atoms with Gasteiger partial charge in [-0.2, -0.15) is 0 Å². The van der Waals surface area contributed by atoms with Gasteiger partial charge in [0.25, 0.3) is 0 Å². The maximum absolute atomic E-state index is 12.3. The van der Waals surface area contributed by atoms with E-state index in [1.54, 1.807) is 11.3 Å². The van der Waals surface area contributed by atoms with E-state index in [1.165, 1.54) is 21.7 Å². The molecule has 3 rings (SSSR count). The van der Waals surface area contributed by atoms with Crippen molar-refractivity contribution in [2.75, 3.05) is 37.6 Å². The summed E-state index contributed by atoms with van der Waals surface area (Å²) >= 11 is 1.69. The third kappa shape index (κ3) is 4.51. The van der Waals surface area contributed by atoms with Gasteiger partial charge in [0.2, 0.25) is 0 Å². The molecule has 1 fully saturated rings. The molecule has 0 aliphatic carbocycles. The molecule has 1 aromatic carbocycles. The largest absolute Gasteiger partial charge is 0.368 e. The monoisotopic (exact) mass is 358 g/mol. The number of nitrogens with one attached hydrogen (secondary N) is 1. The molecule has 1 aromatic heterocycles. The van der Waals surface area contributed by atoms with E-state index in [1.807, 2.05) is 11.1 Å². The quantitative estimate of drug-likeness (QED) is 0.913. The smallest absolute Gasteiger partial charge is 0.317 e. The first-order valence-corrected chi connectivity index (χ1v) is 9.61. The molecule has 0 atom stereocenters. The SMILES string of the molecule is Cc1ccc(C)c(N2CCN(C(=O)NCCc3ncc(C)s3)CC2)c1. The molecule has 2 heterocycles. The number of benzene rings is 1. The van der Waals surface area contributed by atoms with Crippen molar-refractivity contribution < 1.29 is 4.79 Å². The molecular formula is C19H26N4OS. The van der Waals surface area contributed by atoms with Gasteiger partial charge in [-0.05, 0) is 38.0 Å². The molecule has 0 radical (unpaired) electrons. The molecule has 0 bridgehead atoms. The summed E-state index contributed by atoms with van der Waals surface area (Å²) in [4.78, 5) is 22.2. The first-order valence-electron chi connectivity index (χ1n) is 8.79. The van der Waals surface area contributed by atoms with Crippen molar-refractivity contribution in [2.24, 2.45) is 0 Å². The number of carbonyl (C=O) groups is 1. The minimum Gasteiger partial charge on any atom is -0.368 e. The average molecular weight is 359 g/mol. The predicted molar refractivity (Wildman–Crippen MR) is 104 cm³/mol. The van der Waals surface area contributed by atoms with Gasteiger partial charge in [-0.25, -0.2) is 9.78 Å². The molecule has 2 amide bonds. The number of hydrogen-bond acceptors (Lipinski definition) is 4. The Bertz CT molecular complexity index is 735. The number of aryl methyl sites for hydroxylation is 3. The van der Waals surface area contributed by atoms with Gasteiger partial charge in [0.1, 0.15) is 0 Å². The number of amides is 2. The fraction of sp³-hybridized carbons (Fsp3) is 0.474. The third-order valence-electron chi connectivity index (χ3n) is 4.56. The highest BCUT2D eigenvalue weighted by molar-refractivity contribution is 7.11. The third-order valence-corrected chi connectivity index (χ3v) is 5.53. The van der Waals surface area contributed by atoms with Crippen LogP contribution in [0.5, 0.6) is 0 Å². The molecule has 2 aromatic rings. The van der Waals surface area contributed by atoms with Crippen LogP contribution in [0.3, 0.4) is 0 Å². The minimum atomic E-state index is 0.0360. The molecule has 0 saturated carbocycles. The van der Waals surface area contributed by atoms with E-state index in [9.17, 15) is 4.79 Å². The summed E-state index contributed by atoms with van der Waals surface area (Å²) in [7, 11) is 0. The van der Waals surface area contributed by atoms with Crippen molar-refractivity contribution in [1.29, 1.82) is 0 Å². The van der Waals surface area contributed by atoms with Crippen LogP contribution in [0.25, 0.3) is 0 Å². The van der Waals surface area contributed by atoms with Crippen molar-refractivity contribution >= 4 is 23.1 Å². The second-order valence-corrected chi connectivity index (χ2v) is 7.93. The van der Waals surface area contributed by atoms with Gasteiger partial charge in [-0.1, -0.05) is 12.1 Å². The Morgan fingerprint density at radius 2 is 1.96 bits per heavy atom. The van der Waals surface area contributed by atoms with Crippen LogP contribution in [0.2, 0.25) is 0 Å². The number of hydrogen-bond donors (Lipinski definition) is 1. The summed E-state index contributed by atoms with van der Waals surface area (Å²) in [5.74, 6) is 0. The second-order valence-electron chi connectivity index (χ2n) is 6.61. The number of urea groups is 1. The number of rotatable bonds is 4. The van der Waals surface area contributed by atoms with E-state index in [2.05, 4.69) is 54.2 Å². The van der Waals surface area contributed by atoms with Gasteiger partial charge in [0.05, 0.1) is 5.01 Å². The lowest BCUT2D eigenvalue weighted by atomic mass is 10.1. The molecule has 25 heavy (non-hydrogen) atoms. The zero-order valence-electron chi connectivity index (χ0n) is 15.2. The van der Waals surface area contributed by atoms with Crippen molar-refractivity contribution in [3.05, 3.63) is 45.4 Å². The maximum Gasteiger partial charge on any atom is 0.317 e. The number of anilines is 1. The van der Waals surface area contributed by atoms with Crippen LogP contribution in [0.4, 0.5) is 10.5 Å². The average Bonchev–Trinajstić information content (AvgIpc) is 3.02. The molecular weight excluding hydrogens is 332 g/mol. The van der Waals surface area contributed by atoms with Crippen LogP contribution in [0.15, 0.2) is 24.4 Å². The fourth-order valence-electron chi connectivity index (χ4n) is 3.12. The lowest BCUT2D eigenvalue weighted by Crippen LogP contribution is -2.52. The van der Waals surface area contributed by atoms with E-state index < -0.39 is 0 Å². The normalized spacial score (nSPS) is 14.7. The number of thiazole rings is 1. The standard InChI is InChI=1S/C19H26N4OS/c1-14-4-5-15(2)17(12-14)22-8-10-23(11-9-22)19(24)20-7-6-18-21-13-16(3)25-18/h4-5,12-13H,6-11H2,1-3H3,(H,20,24). The molecule has 1 N–H and O–H groups in total. The Morgan fingerprint density at radius 1 is 1.20 bits per heavy atom. The van der Waals surface area contributed by atoms with E-state index in [4.69, 9.17) is 0 Å². The van der Waals surface area contributed by atoms with Gasteiger partial charge >= 0.3 is 6.03 Å². The Balaban J connectivity index is 1.46. The van der Waals surface area contributed by atoms with Gasteiger partial charge in [-0.3, -0.25) is 0 Å². The summed E-state index contributed by atoms with van der Waals surface area (Å²) in [6, 6.07) is 6.59. The fourth-order valence-corrected chi connectivity index (χ4v) is 3.90. The van der Waals surface area contributed by atoms with Gasteiger partial charge < -0.3 is 15.1 Å². The minimum absolute atomic E-state index is 0.0360. The highest BCUT2D eigenvalue weighted by atomic mass is 32.1. The van der Waals surface area contributed by atoms with E-state index in [-0.39, 0.29) is 6.03 Å². The van der Waals surface area contributed by atoms with E-state index in [0.29, 0.717) is 6.54 Å². The van der Waals surface area contributed by atoms with Crippen molar-refractivity contribution in [3.8, 4) is 0 Å². The molecule has 6 heteroatoms.